The Bertz CT molecular complexity index is 924. The van der Waals surface area contributed by atoms with Crippen LogP contribution in [0.25, 0.3) is 4.85 Å². The monoisotopic (exact) mass is 451 g/mol. The van der Waals surface area contributed by atoms with Gasteiger partial charge in [-0.3, -0.25) is 14.3 Å². The van der Waals surface area contributed by atoms with E-state index in [2.05, 4.69) is 48.3 Å². The first kappa shape index (κ1) is 25.2. The maximum atomic E-state index is 12.3. The highest BCUT2D eigenvalue weighted by molar-refractivity contribution is 7.44. The van der Waals surface area contributed by atoms with Gasteiger partial charge < -0.3 is 13.8 Å². The van der Waals surface area contributed by atoms with Crippen LogP contribution in [0.5, 0.6) is 0 Å². The van der Waals surface area contributed by atoms with Gasteiger partial charge in [0, 0.05) is 24.7 Å². The summed E-state index contributed by atoms with van der Waals surface area (Å²) in [7, 11) is -1.46. The van der Waals surface area contributed by atoms with E-state index in [1.165, 1.54) is 10.8 Å². The Morgan fingerprint density at radius 2 is 2.10 bits per heavy atom. The van der Waals surface area contributed by atoms with Crippen LogP contribution >= 0.6 is 8.53 Å². The van der Waals surface area contributed by atoms with Crippen molar-refractivity contribution in [3.05, 3.63) is 38.5 Å². The molecular formula is C20H30N5O5P. The Morgan fingerprint density at radius 3 is 2.65 bits per heavy atom. The standard InChI is InChI=1S/C20H30N5O5P/c1-7-16-17(30-31(28-10-8-9-21)25(13(2)3)14(4)5)11-18(29-16)24-12-15(22-6)19(26)23-20(24)27/h12-14,16-18H,7-8,10-11H2,1-5H3,(H,23,26,27)/t16-,17+,18-,31?/m0/s1. The van der Waals surface area contributed by atoms with E-state index in [-0.39, 0.29) is 43.0 Å². The molecule has 0 aliphatic carbocycles. The Balaban J connectivity index is 2.27. The molecule has 1 fully saturated rings. The van der Waals surface area contributed by atoms with Gasteiger partial charge in [-0.15, -0.1) is 0 Å². The summed E-state index contributed by atoms with van der Waals surface area (Å²) in [5.41, 5.74) is -1.52. The van der Waals surface area contributed by atoms with Gasteiger partial charge in [-0.25, -0.2) is 14.3 Å². The molecular weight excluding hydrogens is 421 g/mol. The highest BCUT2D eigenvalue weighted by Gasteiger charge is 2.40. The SMILES string of the molecule is [C-]#[N+]c1cn([C@@H]2C[C@@H](OP(OCCC#N)N(C(C)C)C(C)C)[C@H](CC)O2)c(=O)[nH]c1=O. The summed E-state index contributed by atoms with van der Waals surface area (Å²) >= 11 is 0. The van der Waals surface area contributed by atoms with Crippen LogP contribution in [0.3, 0.4) is 0 Å². The first-order valence-electron chi connectivity index (χ1n) is 10.4. The molecule has 2 rings (SSSR count). The van der Waals surface area contributed by atoms with Crippen LogP contribution in [-0.4, -0.2) is 45.1 Å². The van der Waals surface area contributed by atoms with Gasteiger partial charge in [0.05, 0.1) is 37.9 Å². The first-order chi connectivity index (χ1) is 14.7. The van der Waals surface area contributed by atoms with Gasteiger partial charge in [0.2, 0.25) is 0 Å². The fourth-order valence-corrected chi connectivity index (χ4v) is 5.28. The zero-order chi connectivity index (χ0) is 23.1. The maximum Gasteiger partial charge on any atom is 0.328 e. The van der Waals surface area contributed by atoms with Gasteiger partial charge in [-0.2, -0.15) is 5.26 Å². The highest BCUT2D eigenvalue weighted by Crippen LogP contribution is 2.50. The van der Waals surface area contributed by atoms with E-state index < -0.39 is 26.0 Å². The first-order valence-corrected chi connectivity index (χ1v) is 11.5. The highest BCUT2D eigenvalue weighted by atomic mass is 31.2. The lowest BCUT2D eigenvalue weighted by molar-refractivity contribution is -0.0200. The minimum atomic E-state index is -1.46. The second kappa shape index (κ2) is 11.5. The van der Waals surface area contributed by atoms with Crippen LogP contribution < -0.4 is 11.2 Å². The molecule has 1 N–H and O–H groups in total. The molecule has 1 aliphatic rings. The number of hydrogen-bond donors (Lipinski definition) is 1. The average Bonchev–Trinajstić information content (AvgIpc) is 3.10. The molecule has 1 unspecified atom stereocenters. The maximum absolute atomic E-state index is 12.3. The molecule has 2 heterocycles. The lowest BCUT2D eigenvalue weighted by Crippen LogP contribution is -2.35. The lowest BCUT2D eigenvalue weighted by Gasteiger charge is -2.37. The second-order valence-electron chi connectivity index (χ2n) is 7.76. The summed E-state index contributed by atoms with van der Waals surface area (Å²) in [6.45, 7) is 17.6. The Morgan fingerprint density at radius 1 is 1.42 bits per heavy atom. The smallest absolute Gasteiger partial charge is 0.328 e. The van der Waals surface area contributed by atoms with Crippen molar-refractivity contribution in [1.82, 2.24) is 14.2 Å². The van der Waals surface area contributed by atoms with Gasteiger partial charge in [0.15, 0.2) is 0 Å². The average molecular weight is 451 g/mol. The fraction of sp³-hybridized carbons (Fsp3) is 0.700. The van der Waals surface area contributed by atoms with Crippen LogP contribution in [0.1, 0.15) is 60.1 Å². The molecule has 0 aromatic carbocycles. The van der Waals surface area contributed by atoms with Gasteiger partial charge in [-0.1, -0.05) is 6.92 Å². The van der Waals surface area contributed by atoms with E-state index in [0.29, 0.717) is 12.8 Å². The summed E-state index contributed by atoms with van der Waals surface area (Å²) < 4.78 is 21.8. The summed E-state index contributed by atoms with van der Waals surface area (Å²) in [4.78, 5) is 29.3. The number of ether oxygens (including phenoxy) is 1. The van der Waals surface area contributed by atoms with Crippen molar-refractivity contribution in [2.45, 2.75) is 84.4 Å². The van der Waals surface area contributed by atoms with Crippen LogP contribution in [0.15, 0.2) is 15.8 Å². The molecule has 4 atom stereocenters. The number of nitriles is 1. The van der Waals surface area contributed by atoms with E-state index in [0.717, 1.165) is 0 Å². The second-order valence-corrected chi connectivity index (χ2v) is 9.16. The summed E-state index contributed by atoms with van der Waals surface area (Å²) in [6, 6.07) is 2.40. The molecule has 1 saturated heterocycles. The van der Waals surface area contributed by atoms with Crippen molar-refractivity contribution in [2.75, 3.05) is 6.61 Å². The third-order valence-corrected chi connectivity index (χ3v) is 7.01. The van der Waals surface area contributed by atoms with E-state index in [4.69, 9.17) is 25.6 Å². The molecule has 11 heteroatoms. The van der Waals surface area contributed by atoms with Crippen molar-refractivity contribution < 1.29 is 13.8 Å². The summed E-state index contributed by atoms with van der Waals surface area (Å²) in [5, 5.41) is 8.87. The molecule has 31 heavy (non-hydrogen) atoms. The number of nitrogens with one attached hydrogen (secondary N) is 1. The van der Waals surface area contributed by atoms with Crippen molar-refractivity contribution in [3.8, 4) is 6.07 Å². The molecule has 10 nitrogen and oxygen atoms in total. The predicted molar refractivity (Wildman–Crippen MR) is 116 cm³/mol. The van der Waals surface area contributed by atoms with Crippen LogP contribution in [0.2, 0.25) is 0 Å². The third kappa shape index (κ3) is 6.22. The Kier molecular flexibility index (Phi) is 9.36. The molecule has 0 radical (unpaired) electrons. The Labute approximate surface area is 183 Å². The quantitative estimate of drug-likeness (QED) is 0.329. The molecule has 0 bridgehead atoms. The normalized spacial score (nSPS) is 22.1. The number of aromatic amines is 1. The molecule has 1 aliphatic heterocycles. The van der Waals surface area contributed by atoms with E-state index in [1.54, 1.807) is 0 Å². The van der Waals surface area contributed by atoms with Crippen molar-refractivity contribution >= 4 is 14.2 Å². The number of hydrogen-bond acceptors (Lipinski definition) is 7. The van der Waals surface area contributed by atoms with Gasteiger partial charge in [0.1, 0.15) is 6.23 Å². The number of H-pyrrole nitrogens is 1. The fourth-order valence-electron chi connectivity index (χ4n) is 3.52. The number of nitrogens with zero attached hydrogens (tertiary/aromatic N) is 4. The number of aromatic nitrogens is 2. The van der Waals surface area contributed by atoms with Crippen molar-refractivity contribution in [1.29, 1.82) is 5.26 Å². The summed E-state index contributed by atoms with van der Waals surface area (Å²) in [5.74, 6) is 0. The largest absolute Gasteiger partial charge is 0.352 e. The molecule has 0 amide bonds. The van der Waals surface area contributed by atoms with Crippen LogP contribution in [0.4, 0.5) is 5.69 Å². The van der Waals surface area contributed by atoms with Crippen molar-refractivity contribution in [3.63, 3.8) is 0 Å². The number of rotatable bonds is 10. The molecule has 170 valence electrons. The van der Waals surface area contributed by atoms with Crippen LogP contribution in [-0.2, 0) is 13.8 Å². The molecule has 1 aromatic heterocycles. The van der Waals surface area contributed by atoms with Crippen LogP contribution in [0, 0.1) is 17.9 Å². The topological polar surface area (TPSA) is 114 Å². The third-order valence-electron chi connectivity index (χ3n) is 4.85. The zero-order valence-corrected chi connectivity index (χ0v) is 19.5. The Hall–Kier alpha value is -2.07. The van der Waals surface area contributed by atoms with Gasteiger partial charge in [-0.05, 0) is 34.1 Å². The van der Waals surface area contributed by atoms with Gasteiger partial charge in [0.25, 0.3) is 19.8 Å². The lowest BCUT2D eigenvalue weighted by atomic mass is 10.1. The predicted octanol–water partition coefficient (Wildman–Crippen LogP) is 3.45. The van der Waals surface area contributed by atoms with E-state index in [9.17, 15) is 9.59 Å². The minimum Gasteiger partial charge on any atom is -0.352 e. The van der Waals surface area contributed by atoms with Gasteiger partial charge >= 0.3 is 5.69 Å². The van der Waals surface area contributed by atoms with Crippen molar-refractivity contribution in [2.24, 2.45) is 0 Å². The zero-order valence-electron chi connectivity index (χ0n) is 18.6. The van der Waals surface area contributed by atoms with E-state index in [1.807, 2.05) is 6.92 Å². The molecule has 0 spiro atoms. The molecule has 1 aromatic rings. The van der Waals surface area contributed by atoms with E-state index >= 15 is 0 Å². The minimum absolute atomic E-state index is 0.162. The summed E-state index contributed by atoms with van der Waals surface area (Å²) in [6.07, 6.45) is 1.21. The molecule has 0 saturated carbocycles.